The number of carbonyl (C=O) groups is 4. The molecule has 0 heterocycles. The maximum Gasteiger partial charge on any atom is 0.514 e. The van der Waals surface area contributed by atoms with Crippen LogP contribution in [0.15, 0.2) is 18.2 Å². The first-order valence-corrected chi connectivity index (χ1v) is 12.8. The van der Waals surface area contributed by atoms with E-state index in [0.29, 0.717) is 5.56 Å². The Morgan fingerprint density at radius 2 is 1.41 bits per heavy atom. The van der Waals surface area contributed by atoms with Gasteiger partial charge in [-0.25, -0.2) is 14.4 Å². The summed E-state index contributed by atoms with van der Waals surface area (Å²) in [6, 6.07) is 4.25. The molecule has 0 saturated heterocycles. The SMILES string of the molecule is CCC(C)COC(=O)O[C@@H](C)CC(N)(Cc1ccc(OC(=O)OC(C)C)c(OC(=O)OC(C)C)c1)C(=O)OC. The van der Waals surface area contributed by atoms with Gasteiger partial charge in [0, 0.05) is 12.8 Å². The van der Waals surface area contributed by atoms with Gasteiger partial charge in [-0.15, -0.1) is 0 Å². The van der Waals surface area contributed by atoms with Gasteiger partial charge >= 0.3 is 24.4 Å². The Kier molecular flexibility index (Phi) is 13.5. The summed E-state index contributed by atoms with van der Waals surface area (Å²) >= 11 is 0. The van der Waals surface area contributed by atoms with E-state index in [1.807, 2.05) is 13.8 Å². The molecule has 0 aromatic heterocycles. The van der Waals surface area contributed by atoms with Gasteiger partial charge < -0.3 is 38.9 Å². The van der Waals surface area contributed by atoms with Crippen LogP contribution in [-0.2, 0) is 34.9 Å². The van der Waals surface area contributed by atoms with Crippen LogP contribution in [0.5, 0.6) is 11.5 Å². The van der Waals surface area contributed by atoms with Gasteiger partial charge in [0.1, 0.15) is 11.6 Å². The van der Waals surface area contributed by atoms with Crippen LogP contribution < -0.4 is 15.2 Å². The Morgan fingerprint density at radius 3 is 1.92 bits per heavy atom. The zero-order chi connectivity index (χ0) is 29.8. The summed E-state index contributed by atoms with van der Waals surface area (Å²) in [5.74, 6) is -0.867. The highest BCUT2D eigenvalue weighted by Crippen LogP contribution is 2.32. The largest absolute Gasteiger partial charge is 0.514 e. The Labute approximate surface area is 229 Å². The van der Waals surface area contributed by atoms with Crippen molar-refractivity contribution >= 4 is 24.4 Å². The average molecular weight is 556 g/mol. The van der Waals surface area contributed by atoms with Crippen molar-refractivity contribution in [2.75, 3.05) is 13.7 Å². The van der Waals surface area contributed by atoms with Crippen molar-refractivity contribution in [1.29, 1.82) is 0 Å². The molecule has 0 aliphatic carbocycles. The molecule has 39 heavy (non-hydrogen) atoms. The lowest BCUT2D eigenvalue weighted by atomic mass is 9.86. The molecule has 12 nitrogen and oxygen atoms in total. The molecule has 1 rings (SSSR count). The van der Waals surface area contributed by atoms with Gasteiger partial charge in [0.05, 0.1) is 25.9 Å². The Morgan fingerprint density at radius 1 is 0.846 bits per heavy atom. The molecule has 0 aliphatic heterocycles. The maximum absolute atomic E-state index is 12.7. The third-order valence-electron chi connectivity index (χ3n) is 5.30. The number of ether oxygens (including phenoxy) is 7. The smallest absolute Gasteiger partial charge is 0.468 e. The van der Waals surface area contributed by atoms with Gasteiger partial charge in [0.15, 0.2) is 11.5 Å². The molecule has 0 amide bonds. The molecule has 1 aromatic carbocycles. The molecule has 0 fully saturated rings. The summed E-state index contributed by atoms with van der Waals surface area (Å²) < 4.78 is 35.7. The number of methoxy groups -OCH3 is 1. The van der Waals surface area contributed by atoms with Crippen molar-refractivity contribution in [1.82, 2.24) is 0 Å². The Hall–Kier alpha value is -3.54. The lowest BCUT2D eigenvalue weighted by Gasteiger charge is -2.29. The number of nitrogens with two attached hydrogens (primary N) is 1. The van der Waals surface area contributed by atoms with Crippen molar-refractivity contribution in [3.05, 3.63) is 23.8 Å². The van der Waals surface area contributed by atoms with Crippen LogP contribution in [-0.4, -0.2) is 62.0 Å². The molecule has 0 saturated carbocycles. The summed E-state index contributed by atoms with van der Waals surface area (Å²) in [5.41, 5.74) is 5.23. The van der Waals surface area contributed by atoms with Crippen LogP contribution in [0, 0.1) is 5.92 Å². The second-order valence-electron chi connectivity index (χ2n) is 9.85. The zero-order valence-electron chi connectivity index (χ0n) is 23.9. The quantitative estimate of drug-likeness (QED) is 0.199. The van der Waals surface area contributed by atoms with E-state index in [9.17, 15) is 19.2 Å². The summed E-state index contributed by atoms with van der Waals surface area (Å²) in [4.78, 5) is 49.0. The van der Waals surface area contributed by atoms with E-state index in [-0.39, 0.29) is 36.9 Å². The number of hydrogen-bond acceptors (Lipinski definition) is 12. The van der Waals surface area contributed by atoms with Gasteiger partial charge in [-0.3, -0.25) is 4.79 Å². The van der Waals surface area contributed by atoms with E-state index < -0.39 is 48.3 Å². The number of esters is 1. The van der Waals surface area contributed by atoms with Crippen LogP contribution in [0.3, 0.4) is 0 Å². The standard InChI is InChI=1S/C27H41NO11/c1-9-18(6)15-34-24(30)37-19(7)13-27(28,23(29)33-8)14-20-10-11-21(38-25(31)35-16(2)3)22(12-20)39-26(32)36-17(4)5/h10-12,16-19H,9,13-15,28H2,1-8H3/t18?,19-,27?/m0/s1. The second-order valence-corrected chi connectivity index (χ2v) is 9.85. The number of carbonyl (C=O) groups excluding carboxylic acids is 4. The molecule has 220 valence electrons. The van der Waals surface area contributed by atoms with Crippen molar-refractivity contribution in [3.63, 3.8) is 0 Å². The fraction of sp³-hybridized carbons (Fsp3) is 0.630. The van der Waals surface area contributed by atoms with E-state index in [2.05, 4.69) is 0 Å². The minimum atomic E-state index is -1.64. The van der Waals surface area contributed by atoms with Crippen LogP contribution >= 0.6 is 0 Å². The van der Waals surface area contributed by atoms with E-state index >= 15 is 0 Å². The molecule has 0 radical (unpaired) electrons. The number of rotatable bonds is 13. The minimum Gasteiger partial charge on any atom is -0.468 e. The van der Waals surface area contributed by atoms with Gasteiger partial charge in [-0.05, 0) is 58.2 Å². The Bertz CT molecular complexity index is 978. The first-order chi connectivity index (χ1) is 18.2. The molecule has 2 unspecified atom stereocenters. The maximum atomic E-state index is 12.7. The van der Waals surface area contributed by atoms with Gasteiger partial charge in [0.25, 0.3) is 0 Å². The molecule has 2 N–H and O–H groups in total. The van der Waals surface area contributed by atoms with E-state index in [4.69, 9.17) is 38.9 Å². The van der Waals surface area contributed by atoms with E-state index in [1.54, 1.807) is 34.6 Å². The fourth-order valence-electron chi connectivity index (χ4n) is 3.32. The Balaban J connectivity index is 3.17. The van der Waals surface area contributed by atoms with Crippen LogP contribution in [0.2, 0.25) is 0 Å². The van der Waals surface area contributed by atoms with Crippen LogP contribution in [0.25, 0.3) is 0 Å². The number of hydrogen-bond donors (Lipinski definition) is 1. The predicted octanol–water partition coefficient (Wildman–Crippen LogP) is 4.93. The van der Waals surface area contributed by atoms with Gasteiger partial charge in [0.2, 0.25) is 0 Å². The third kappa shape index (κ3) is 12.2. The normalized spacial score (nSPS) is 14.0. The van der Waals surface area contributed by atoms with E-state index in [0.717, 1.165) is 6.42 Å². The molecule has 0 spiro atoms. The summed E-state index contributed by atoms with van der Waals surface area (Å²) in [6.07, 6.45) is -4.01. The van der Waals surface area contributed by atoms with E-state index in [1.165, 1.54) is 25.3 Å². The molecular formula is C27H41NO11. The molecular weight excluding hydrogens is 514 g/mol. The predicted molar refractivity (Wildman–Crippen MR) is 140 cm³/mol. The van der Waals surface area contributed by atoms with Gasteiger partial charge in [-0.1, -0.05) is 26.3 Å². The van der Waals surface area contributed by atoms with Crippen molar-refractivity contribution in [2.45, 2.75) is 91.6 Å². The highest BCUT2D eigenvalue weighted by molar-refractivity contribution is 5.81. The third-order valence-corrected chi connectivity index (χ3v) is 5.30. The fourth-order valence-corrected chi connectivity index (χ4v) is 3.32. The summed E-state index contributed by atoms with van der Waals surface area (Å²) in [7, 11) is 1.18. The summed E-state index contributed by atoms with van der Waals surface area (Å²) in [5, 5.41) is 0. The van der Waals surface area contributed by atoms with Crippen molar-refractivity contribution in [3.8, 4) is 11.5 Å². The topological polar surface area (TPSA) is 159 Å². The van der Waals surface area contributed by atoms with Crippen LogP contribution in [0.4, 0.5) is 14.4 Å². The molecule has 0 bridgehead atoms. The number of benzene rings is 1. The molecule has 0 aliphatic rings. The van der Waals surface area contributed by atoms with Crippen LogP contribution in [0.1, 0.15) is 66.9 Å². The zero-order valence-corrected chi connectivity index (χ0v) is 23.9. The summed E-state index contributed by atoms with van der Waals surface area (Å²) in [6.45, 7) is 12.2. The van der Waals surface area contributed by atoms with Crippen molar-refractivity contribution < 1.29 is 52.3 Å². The lowest BCUT2D eigenvalue weighted by Crippen LogP contribution is -2.53. The monoisotopic (exact) mass is 555 g/mol. The second kappa shape index (κ2) is 15.8. The highest BCUT2D eigenvalue weighted by atomic mass is 16.8. The van der Waals surface area contributed by atoms with Crippen molar-refractivity contribution in [2.24, 2.45) is 11.7 Å². The average Bonchev–Trinajstić information content (AvgIpc) is 2.82. The van der Waals surface area contributed by atoms with Gasteiger partial charge in [-0.2, -0.15) is 0 Å². The molecule has 1 aromatic rings. The first-order valence-electron chi connectivity index (χ1n) is 12.8. The lowest BCUT2D eigenvalue weighted by molar-refractivity contribution is -0.148. The minimum absolute atomic E-state index is 0.108. The first kappa shape index (κ1) is 33.5. The molecule has 3 atom stereocenters. The molecule has 12 heteroatoms. The highest BCUT2D eigenvalue weighted by Gasteiger charge is 2.38.